The summed E-state index contributed by atoms with van der Waals surface area (Å²) in [5.74, 6) is -0.843. The van der Waals surface area contributed by atoms with E-state index in [2.05, 4.69) is 0 Å². The maximum absolute atomic E-state index is 11.9. The standard InChI is InChI=1S/C17H19NO3/c1-12-5-7-14(8-6-12)17(11-18,16(20)21)10-13-3-2-4-15(19)9-13/h2-9,19H,10-11,18H2,1H3,(H,20,21). The van der Waals surface area contributed by atoms with Crippen LogP contribution in [-0.2, 0) is 16.6 Å². The zero-order valence-corrected chi connectivity index (χ0v) is 11.9. The van der Waals surface area contributed by atoms with Crippen molar-refractivity contribution in [3.8, 4) is 5.75 Å². The molecule has 0 aliphatic rings. The molecule has 0 bridgehead atoms. The Hall–Kier alpha value is -2.33. The summed E-state index contributed by atoms with van der Waals surface area (Å²) in [7, 11) is 0. The minimum atomic E-state index is -1.19. The van der Waals surface area contributed by atoms with Gasteiger partial charge < -0.3 is 15.9 Å². The second-order valence-corrected chi connectivity index (χ2v) is 5.30. The average Bonchev–Trinajstić information content (AvgIpc) is 2.45. The Morgan fingerprint density at radius 1 is 1.19 bits per heavy atom. The van der Waals surface area contributed by atoms with Gasteiger partial charge in [0.05, 0.1) is 0 Å². The molecule has 0 fully saturated rings. The van der Waals surface area contributed by atoms with Crippen LogP contribution in [0.3, 0.4) is 0 Å². The lowest BCUT2D eigenvalue weighted by Crippen LogP contribution is -2.45. The number of aliphatic carboxylic acids is 1. The summed E-state index contributed by atoms with van der Waals surface area (Å²) in [5.41, 5.74) is 7.10. The number of carbonyl (C=O) groups is 1. The smallest absolute Gasteiger partial charge is 0.315 e. The molecule has 0 aliphatic heterocycles. The maximum atomic E-state index is 11.9. The third kappa shape index (κ3) is 3.06. The quantitative estimate of drug-likeness (QED) is 0.786. The molecule has 0 heterocycles. The van der Waals surface area contributed by atoms with Gasteiger partial charge in [-0.3, -0.25) is 4.79 Å². The molecule has 0 saturated heterocycles. The minimum Gasteiger partial charge on any atom is -0.508 e. The molecule has 0 spiro atoms. The van der Waals surface area contributed by atoms with Crippen molar-refractivity contribution >= 4 is 5.97 Å². The van der Waals surface area contributed by atoms with E-state index in [0.717, 1.165) is 11.1 Å². The maximum Gasteiger partial charge on any atom is 0.315 e. The molecular weight excluding hydrogens is 266 g/mol. The Balaban J connectivity index is 2.46. The molecule has 4 heteroatoms. The number of aryl methyl sites for hydroxylation is 1. The number of phenols is 1. The topological polar surface area (TPSA) is 83.5 Å². The Morgan fingerprint density at radius 3 is 2.38 bits per heavy atom. The molecular formula is C17H19NO3. The highest BCUT2D eigenvalue weighted by atomic mass is 16.4. The van der Waals surface area contributed by atoms with Crippen molar-refractivity contribution < 1.29 is 15.0 Å². The number of phenolic OH excluding ortho intramolecular Hbond substituents is 1. The van der Waals surface area contributed by atoms with E-state index in [0.29, 0.717) is 5.56 Å². The highest BCUT2D eigenvalue weighted by Gasteiger charge is 2.39. The molecule has 0 saturated carbocycles. The van der Waals surface area contributed by atoms with Crippen LogP contribution in [0.5, 0.6) is 5.75 Å². The normalized spacial score (nSPS) is 13.6. The van der Waals surface area contributed by atoms with Crippen molar-refractivity contribution in [1.29, 1.82) is 0 Å². The monoisotopic (exact) mass is 285 g/mol. The first-order valence-corrected chi connectivity index (χ1v) is 6.76. The van der Waals surface area contributed by atoms with Crippen molar-refractivity contribution in [2.75, 3.05) is 6.54 Å². The van der Waals surface area contributed by atoms with Crippen molar-refractivity contribution in [2.45, 2.75) is 18.8 Å². The lowest BCUT2D eigenvalue weighted by molar-refractivity contribution is -0.143. The van der Waals surface area contributed by atoms with Gasteiger partial charge in [0.2, 0.25) is 0 Å². The second-order valence-electron chi connectivity index (χ2n) is 5.30. The van der Waals surface area contributed by atoms with E-state index in [1.165, 1.54) is 0 Å². The van der Waals surface area contributed by atoms with E-state index >= 15 is 0 Å². The lowest BCUT2D eigenvalue weighted by Gasteiger charge is -2.29. The summed E-state index contributed by atoms with van der Waals surface area (Å²) in [6.45, 7) is 1.94. The van der Waals surface area contributed by atoms with Gasteiger partial charge in [0.1, 0.15) is 11.2 Å². The molecule has 2 aromatic rings. The van der Waals surface area contributed by atoms with Crippen LogP contribution < -0.4 is 5.73 Å². The molecule has 1 atom stereocenters. The highest BCUT2D eigenvalue weighted by Crippen LogP contribution is 2.29. The van der Waals surface area contributed by atoms with Crippen LogP contribution >= 0.6 is 0 Å². The number of carboxylic acids is 1. The predicted octanol–water partition coefficient (Wildman–Crippen LogP) is 2.22. The number of hydrogen-bond acceptors (Lipinski definition) is 3. The minimum absolute atomic E-state index is 0.0128. The van der Waals surface area contributed by atoms with E-state index in [9.17, 15) is 15.0 Å². The number of rotatable bonds is 5. The van der Waals surface area contributed by atoms with Crippen LogP contribution in [0, 0.1) is 6.92 Å². The predicted molar refractivity (Wildman–Crippen MR) is 81.4 cm³/mol. The molecule has 110 valence electrons. The second kappa shape index (κ2) is 5.97. The van der Waals surface area contributed by atoms with Crippen LogP contribution in [0.2, 0.25) is 0 Å². The first-order chi connectivity index (χ1) is 9.98. The zero-order valence-electron chi connectivity index (χ0n) is 11.9. The number of nitrogens with two attached hydrogens (primary N) is 1. The van der Waals surface area contributed by atoms with E-state index in [-0.39, 0.29) is 18.7 Å². The Kier molecular flexibility index (Phi) is 4.29. The van der Waals surface area contributed by atoms with Gasteiger partial charge >= 0.3 is 5.97 Å². The van der Waals surface area contributed by atoms with Gasteiger partial charge in [-0.2, -0.15) is 0 Å². The summed E-state index contributed by atoms with van der Waals surface area (Å²) in [6.07, 6.45) is 0.232. The molecule has 4 nitrogen and oxygen atoms in total. The Labute approximate surface area is 123 Å². The fourth-order valence-electron chi connectivity index (χ4n) is 2.47. The van der Waals surface area contributed by atoms with Gasteiger partial charge in [-0.05, 0) is 36.6 Å². The fraction of sp³-hybridized carbons (Fsp3) is 0.235. The van der Waals surface area contributed by atoms with Gasteiger partial charge in [-0.1, -0.05) is 42.0 Å². The first-order valence-electron chi connectivity index (χ1n) is 6.76. The molecule has 0 aromatic heterocycles. The van der Waals surface area contributed by atoms with Gasteiger partial charge in [0.25, 0.3) is 0 Å². The molecule has 1 unspecified atom stereocenters. The van der Waals surface area contributed by atoms with Crippen LogP contribution in [-0.4, -0.2) is 22.7 Å². The zero-order chi connectivity index (χ0) is 15.5. The van der Waals surface area contributed by atoms with Gasteiger partial charge in [-0.15, -0.1) is 0 Å². The number of benzene rings is 2. The summed E-state index contributed by atoms with van der Waals surface area (Å²) in [4.78, 5) is 11.9. The molecule has 2 aromatic carbocycles. The van der Waals surface area contributed by atoms with Gasteiger partial charge in [0, 0.05) is 6.54 Å². The fourth-order valence-corrected chi connectivity index (χ4v) is 2.47. The lowest BCUT2D eigenvalue weighted by atomic mass is 9.75. The van der Waals surface area contributed by atoms with Crippen LogP contribution in [0.15, 0.2) is 48.5 Å². The van der Waals surface area contributed by atoms with Crippen molar-refractivity contribution in [3.63, 3.8) is 0 Å². The van der Waals surface area contributed by atoms with Gasteiger partial charge in [-0.25, -0.2) is 0 Å². The van der Waals surface area contributed by atoms with Gasteiger partial charge in [0.15, 0.2) is 0 Å². The number of aromatic hydroxyl groups is 1. The van der Waals surface area contributed by atoms with Crippen molar-refractivity contribution in [2.24, 2.45) is 5.73 Å². The number of carboxylic acid groups (broad SMARTS) is 1. The Bertz CT molecular complexity index is 637. The summed E-state index contributed by atoms with van der Waals surface area (Å²) in [5, 5.41) is 19.3. The van der Waals surface area contributed by atoms with Crippen LogP contribution in [0.1, 0.15) is 16.7 Å². The van der Waals surface area contributed by atoms with E-state index < -0.39 is 11.4 Å². The third-order valence-electron chi connectivity index (χ3n) is 3.78. The summed E-state index contributed by atoms with van der Waals surface area (Å²) in [6, 6.07) is 14.0. The summed E-state index contributed by atoms with van der Waals surface area (Å²) < 4.78 is 0. The molecule has 2 rings (SSSR count). The number of hydrogen-bond donors (Lipinski definition) is 3. The van der Waals surface area contributed by atoms with Crippen molar-refractivity contribution in [1.82, 2.24) is 0 Å². The molecule has 0 aliphatic carbocycles. The van der Waals surface area contributed by atoms with Crippen molar-refractivity contribution in [3.05, 3.63) is 65.2 Å². The molecule has 0 radical (unpaired) electrons. The molecule has 4 N–H and O–H groups in total. The van der Waals surface area contributed by atoms with E-state index in [4.69, 9.17) is 5.73 Å². The highest BCUT2D eigenvalue weighted by molar-refractivity contribution is 5.82. The van der Waals surface area contributed by atoms with E-state index in [1.54, 1.807) is 36.4 Å². The largest absolute Gasteiger partial charge is 0.508 e. The Morgan fingerprint density at radius 2 is 1.86 bits per heavy atom. The van der Waals surface area contributed by atoms with Crippen LogP contribution in [0.25, 0.3) is 0 Å². The molecule has 21 heavy (non-hydrogen) atoms. The third-order valence-corrected chi connectivity index (χ3v) is 3.78. The SMILES string of the molecule is Cc1ccc(C(CN)(Cc2cccc(O)c2)C(=O)O)cc1. The van der Waals surface area contributed by atoms with E-state index in [1.807, 2.05) is 19.1 Å². The average molecular weight is 285 g/mol. The first kappa shape index (κ1) is 15.1. The summed E-state index contributed by atoms with van der Waals surface area (Å²) >= 11 is 0. The van der Waals surface area contributed by atoms with Crippen LogP contribution in [0.4, 0.5) is 0 Å². The molecule has 0 amide bonds.